The minimum atomic E-state index is -0.175. The van der Waals surface area contributed by atoms with Crippen molar-refractivity contribution in [3.05, 3.63) is 49.5 Å². The Labute approximate surface area is 147 Å². The molecule has 124 valence electrons. The van der Waals surface area contributed by atoms with Crippen molar-refractivity contribution in [1.29, 1.82) is 0 Å². The lowest BCUT2D eigenvalue weighted by Gasteiger charge is -2.13. The fourth-order valence-corrected chi connectivity index (χ4v) is 5.14. The van der Waals surface area contributed by atoms with Crippen LogP contribution in [0.4, 0.5) is 0 Å². The van der Waals surface area contributed by atoms with E-state index >= 15 is 0 Å². The van der Waals surface area contributed by atoms with Crippen LogP contribution >= 0.6 is 22.7 Å². The number of hydrogen-bond acceptors (Lipinski definition) is 5. The van der Waals surface area contributed by atoms with Crippen LogP contribution in [0, 0.1) is 0 Å². The minimum Gasteiger partial charge on any atom is -0.347 e. The second-order valence-electron chi connectivity index (χ2n) is 6.02. The van der Waals surface area contributed by atoms with Crippen LogP contribution in [0.3, 0.4) is 0 Å². The van der Waals surface area contributed by atoms with Crippen LogP contribution in [0.1, 0.15) is 34.7 Å². The predicted octanol–water partition coefficient (Wildman–Crippen LogP) is 2.89. The summed E-state index contributed by atoms with van der Waals surface area (Å²) in [5, 5.41) is 5.64. The summed E-state index contributed by atoms with van der Waals surface area (Å²) in [5.74, 6) is -0.175. The molecule has 5 nitrogen and oxygen atoms in total. The molecular weight excluding hydrogens is 342 g/mol. The van der Waals surface area contributed by atoms with Gasteiger partial charge in [0.05, 0.1) is 17.8 Å². The van der Waals surface area contributed by atoms with E-state index in [1.165, 1.54) is 15.8 Å². The Morgan fingerprint density at radius 3 is 3.12 bits per heavy atom. The molecule has 0 saturated heterocycles. The summed E-state index contributed by atoms with van der Waals surface area (Å²) >= 11 is 3.22. The highest BCUT2D eigenvalue weighted by atomic mass is 32.1. The van der Waals surface area contributed by atoms with Gasteiger partial charge in [0.2, 0.25) is 5.91 Å². The van der Waals surface area contributed by atoms with E-state index in [4.69, 9.17) is 0 Å². The van der Waals surface area contributed by atoms with Crippen molar-refractivity contribution < 1.29 is 4.79 Å². The van der Waals surface area contributed by atoms with Crippen LogP contribution in [0.15, 0.2) is 28.6 Å². The molecule has 0 fully saturated rings. The van der Waals surface area contributed by atoms with Crippen molar-refractivity contribution in [3.63, 3.8) is 0 Å². The Bertz CT molecular complexity index is 956. The molecule has 3 aromatic rings. The van der Waals surface area contributed by atoms with E-state index in [0.29, 0.717) is 5.39 Å². The van der Waals surface area contributed by atoms with Gasteiger partial charge in [0, 0.05) is 9.75 Å². The molecule has 1 aliphatic carbocycles. The molecule has 3 heterocycles. The first kappa shape index (κ1) is 15.5. The molecule has 0 aliphatic heterocycles. The summed E-state index contributed by atoms with van der Waals surface area (Å²) in [6, 6.07) is 3.89. The molecule has 0 unspecified atom stereocenters. The highest BCUT2D eigenvalue weighted by Gasteiger charge is 2.22. The monoisotopic (exact) mass is 359 g/mol. The average molecular weight is 359 g/mol. The third-order valence-electron chi connectivity index (χ3n) is 4.35. The van der Waals surface area contributed by atoms with Crippen LogP contribution in [0.2, 0.25) is 0 Å². The number of fused-ring (bicyclic) bond motifs is 3. The van der Waals surface area contributed by atoms with Gasteiger partial charge in [0.1, 0.15) is 11.4 Å². The maximum absolute atomic E-state index is 12.8. The molecule has 0 saturated carbocycles. The van der Waals surface area contributed by atoms with Gasteiger partial charge in [-0.15, -0.1) is 22.7 Å². The Hall–Kier alpha value is -1.99. The second kappa shape index (κ2) is 6.14. The predicted molar refractivity (Wildman–Crippen MR) is 96.8 cm³/mol. The van der Waals surface area contributed by atoms with E-state index in [1.807, 2.05) is 24.4 Å². The third-order valence-corrected chi connectivity index (χ3v) is 6.61. The van der Waals surface area contributed by atoms with Gasteiger partial charge in [-0.1, -0.05) is 6.07 Å². The van der Waals surface area contributed by atoms with E-state index in [1.54, 1.807) is 22.7 Å². The number of nitrogens with one attached hydrogen (secondary N) is 1. The van der Waals surface area contributed by atoms with E-state index in [9.17, 15) is 9.59 Å². The average Bonchev–Trinajstić information content (AvgIpc) is 3.25. The molecule has 0 radical (unpaired) electrons. The number of amides is 1. The summed E-state index contributed by atoms with van der Waals surface area (Å²) in [5.41, 5.74) is 1.05. The summed E-state index contributed by atoms with van der Waals surface area (Å²) in [6.45, 7) is 1.95. The molecule has 1 aliphatic rings. The normalized spacial score (nSPS) is 14.7. The fourth-order valence-electron chi connectivity index (χ4n) is 3.18. The molecule has 7 heteroatoms. The molecule has 24 heavy (non-hydrogen) atoms. The van der Waals surface area contributed by atoms with Crippen molar-refractivity contribution in [2.75, 3.05) is 0 Å². The number of rotatable bonds is 4. The molecule has 3 aromatic heterocycles. The molecular formula is C17H17N3O2S2. The zero-order valence-corrected chi connectivity index (χ0v) is 14.9. The summed E-state index contributed by atoms with van der Waals surface area (Å²) in [4.78, 5) is 32.6. The van der Waals surface area contributed by atoms with Crippen LogP contribution in [-0.4, -0.2) is 15.5 Å². The number of hydrogen-bond donors (Lipinski definition) is 1. The number of aryl methyl sites for hydroxylation is 2. The van der Waals surface area contributed by atoms with Gasteiger partial charge < -0.3 is 5.32 Å². The molecule has 0 aromatic carbocycles. The van der Waals surface area contributed by atoms with Crippen molar-refractivity contribution in [2.24, 2.45) is 0 Å². The third kappa shape index (κ3) is 2.67. The van der Waals surface area contributed by atoms with E-state index in [-0.39, 0.29) is 24.1 Å². The van der Waals surface area contributed by atoms with Gasteiger partial charge in [0.15, 0.2) is 0 Å². The van der Waals surface area contributed by atoms with Gasteiger partial charge in [0.25, 0.3) is 5.56 Å². The molecule has 4 rings (SSSR count). The topological polar surface area (TPSA) is 64.0 Å². The molecule has 0 bridgehead atoms. The van der Waals surface area contributed by atoms with Crippen molar-refractivity contribution in [2.45, 2.75) is 38.8 Å². The first-order valence-electron chi connectivity index (χ1n) is 7.96. The summed E-state index contributed by atoms with van der Waals surface area (Å²) in [7, 11) is 0. The molecule has 1 N–H and O–H groups in total. The van der Waals surface area contributed by atoms with E-state index in [2.05, 4.69) is 10.3 Å². The number of thiophene rings is 2. The summed E-state index contributed by atoms with van der Waals surface area (Å²) in [6.07, 6.45) is 4.57. The van der Waals surface area contributed by atoms with Crippen LogP contribution in [-0.2, 0) is 24.2 Å². The van der Waals surface area contributed by atoms with E-state index < -0.39 is 0 Å². The van der Waals surface area contributed by atoms with Crippen molar-refractivity contribution in [1.82, 2.24) is 14.9 Å². The van der Waals surface area contributed by atoms with Gasteiger partial charge in [-0.05, 0) is 43.2 Å². The Kier molecular flexibility index (Phi) is 3.97. The highest BCUT2D eigenvalue weighted by Crippen LogP contribution is 2.34. The first-order chi connectivity index (χ1) is 11.6. The minimum absolute atomic E-state index is 0.00209. The second-order valence-corrected chi connectivity index (χ2v) is 8.08. The zero-order valence-electron chi connectivity index (χ0n) is 13.2. The van der Waals surface area contributed by atoms with Gasteiger partial charge >= 0.3 is 0 Å². The maximum atomic E-state index is 12.8. The lowest BCUT2D eigenvalue weighted by molar-refractivity contribution is -0.122. The number of carbonyl (C=O) groups excluding carboxylic acids is 1. The van der Waals surface area contributed by atoms with Gasteiger partial charge in [-0.2, -0.15) is 0 Å². The highest BCUT2D eigenvalue weighted by molar-refractivity contribution is 7.18. The molecule has 1 amide bonds. The van der Waals surface area contributed by atoms with E-state index in [0.717, 1.165) is 34.5 Å². The lowest BCUT2D eigenvalue weighted by Crippen LogP contribution is -2.33. The largest absolute Gasteiger partial charge is 0.347 e. The molecule has 1 atom stereocenters. The Morgan fingerprint density at radius 2 is 2.33 bits per heavy atom. The first-order valence-corrected chi connectivity index (χ1v) is 9.65. The van der Waals surface area contributed by atoms with Crippen molar-refractivity contribution in [3.8, 4) is 0 Å². The van der Waals surface area contributed by atoms with Crippen LogP contribution < -0.4 is 10.9 Å². The SMILES string of the molecule is C[C@@H](NC(=O)Cn1cnc2sc3c(c2c1=O)CCC3)c1cccs1. The van der Waals surface area contributed by atoms with Crippen LogP contribution in [0.5, 0.6) is 0 Å². The van der Waals surface area contributed by atoms with Crippen molar-refractivity contribution >= 4 is 38.8 Å². The van der Waals surface area contributed by atoms with Crippen LogP contribution in [0.25, 0.3) is 10.2 Å². The zero-order chi connectivity index (χ0) is 16.7. The number of aromatic nitrogens is 2. The number of nitrogens with zero attached hydrogens (tertiary/aromatic N) is 2. The Morgan fingerprint density at radius 1 is 1.46 bits per heavy atom. The lowest BCUT2D eigenvalue weighted by atomic mass is 10.2. The summed E-state index contributed by atoms with van der Waals surface area (Å²) < 4.78 is 1.42. The molecule has 0 spiro atoms. The fraction of sp³-hybridized carbons (Fsp3) is 0.353. The maximum Gasteiger partial charge on any atom is 0.262 e. The van der Waals surface area contributed by atoms with Gasteiger partial charge in [-0.25, -0.2) is 4.98 Å². The quantitative estimate of drug-likeness (QED) is 0.779. The van der Waals surface area contributed by atoms with Gasteiger partial charge in [-0.3, -0.25) is 14.2 Å². The smallest absolute Gasteiger partial charge is 0.262 e. The number of carbonyl (C=O) groups is 1. The standard InChI is InChI=1S/C17H17N3O2S2/c1-10(12-6-3-7-23-12)19-14(21)8-20-9-18-16-15(17(20)22)11-4-2-5-13(11)24-16/h3,6-7,9-10H,2,4-5,8H2,1H3,(H,19,21)/t10-/m1/s1. The Balaban J connectivity index is 1.57.